The highest BCUT2D eigenvalue weighted by atomic mass is 35.5. The van der Waals surface area contributed by atoms with E-state index in [-0.39, 0.29) is 16.2 Å². The standard InChI is InChI=1S/C16H17Cl2N3O/c1-21(2)10-12-6-4-3-5-11(12)9-19-16(22)13-7-14(17)20-15(18)8-13/h3-8H,9-10H2,1-2H3,(H,19,22)/p+1. The molecule has 0 atom stereocenters. The zero-order valence-corrected chi connectivity index (χ0v) is 14.0. The molecule has 0 spiro atoms. The van der Waals surface area contributed by atoms with Crippen molar-refractivity contribution < 1.29 is 9.69 Å². The molecular weight excluding hydrogens is 321 g/mol. The van der Waals surface area contributed by atoms with E-state index in [9.17, 15) is 4.79 Å². The lowest BCUT2D eigenvalue weighted by Crippen LogP contribution is -3.04. The van der Waals surface area contributed by atoms with Gasteiger partial charge in [0, 0.05) is 17.7 Å². The van der Waals surface area contributed by atoms with Gasteiger partial charge >= 0.3 is 0 Å². The Kier molecular flexibility index (Phi) is 5.77. The van der Waals surface area contributed by atoms with Gasteiger partial charge in [0.15, 0.2) is 0 Å². The van der Waals surface area contributed by atoms with E-state index >= 15 is 0 Å². The number of amides is 1. The molecule has 0 radical (unpaired) electrons. The summed E-state index contributed by atoms with van der Waals surface area (Å²) >= 11 is 11.6. The largest absolute Gasteiger partial charge is 0.348 e. The molecule has 0 aliphatic carbocycles. The minimum Gasteiger partial charge on any atom is -0.348 e. The van der Waals surface area contributed by atoms with Crippen LogP contribution in [0.4, 0.5) is 0 Å². The SMILES string of the molecule is C[NH+](C)Cc1ccccc1CNC(=O)c1cc(Cl)nc(Cl)c1. The first-order valence-corrected chi connectivity index (χ1v) is 7.68. The fourth-order valence-corrected chi connectivity index (χ4v) is 2.62. The predicted molar refractivity (Wildman–Crippen MR) is 88.4 cm³/mol. The van der Waals surface area contributed by atoms with Gasteiger partial charge in [-0.05, 0) is 17.7 Å². The molecule has 1 aromatic carbocycles. The Hall–Kier alpha value is -1.62. The molecular formula is C16H18Cl2N3O+. The summed E-state index contributed by atoms with van der Waals surface area (Å²) in [5.41, 5.74) is 2.72. The summed E-state index contributed by atoms with van der Waals surface area (Å²) in [7, 11) is 4.19. The Balaban J connectivity index is 2.08. The lowest BCUT2D eigenvalue weighted by atomic mass is 10.1. The van der Waals surface area contributed by atoms with Gasteiger partial charge in [-0.15, -0.1) is 0 Å². The van der Waals surface area contributed by atoms with Crippen LogP contribution in [-0.2, 0) is 13.1 Å². The fourth-order valence-electron chi connectivity index (χ4n) is 2.16. The second-order valence-corrected chi connectivity index (χ2v) is 6.11. The number of rotatable bonds is 5. The van der Waals surface area contributed by atoms with Gasteiger partial charge < -0.3 is 10.2 Å². The summed E-state index contributed by atoms with van der Waals surface area (Å²) in [4.78, 5) is 17.3. The average molecular weight is 339 g/mol. The third-order valence-electron chi connectivity index (χ3n) is 3.13. The van der Waals surface area contributed by atoms with E-state index in [1.165, 1.54) is 22.6 Å². The first-order valence-electron chi connectivity index (χ1n) is 6.93. The van der Waals surface area contributed by atoms with Crippen molar-refractivity contribution in [3.05, 3.63) is 63.4 Å². The number of carbonyl (C=O) groups excluding carboxylic acids is 1. The number of halogens is 2. The number of pyridine rings is 1. The number of hydrogen-bond donors (Lipinski definition) is 2. The summed E-state index contributed by atoms with van der Waals surface area (Å²) in [5.74, 6) is -0.224. The summed E-state index contributed by atoms with van der Waals surface area (Å²) in [6, 6.07) is 11.1. The maximum atomic E-state index is 12.2. The zero-order chi connectivity index (χ0) is 16.1. The molecule has 2 aromatic rings. The van der Waals surface area contributed by atoms with Gasteiger partial charge in [-0.25, -0.2) is 4.98 Å². The lowest BCUT2D eigenvalue weighted by Gasteiger charge is -2.13. The molecule has 0 fully saturated rings. The van der Waals surface area contributed by atoms with Crippen LogP contribution in [-0.4, -0.2) is 25.0 Å². The third kappa shape index (κ3) is 4.70. The Morgan fingerprint density at radius 1 is 1.14 bits per heavy atom. The van der Waals surface area contributed by atoms with Crippen molar-refractivity contribution >= 4 is 29.1 Å². The Labute approximate surface area is 140 Å². The summed E-state index contributed by atoms with van der Waals surface area (Å²) in [5, 5.41) is 3.30. The van der Waals surface area contributed by atoms with Gasteiger partial charge in [-0.1, -0.05) is 47.5 Å². The number of carbonyl (C=O) groups is 1. The minimum atomic E-state index is -0.224. The van der Waals surface area contributed by atoms with E-state index in [1.807, 2.05) is 18.2 Å². The van der Waals surface area contributed by atoms with E-state index in [0.29, 0.717) is 12.1 Å². The molecule has 1 aromatic heterocycles. The van der Waals surface area contributed by atoms with Crippen molar-refractivity contribution in [1.29, 1.82) is 0 Å². The second-order valence-electron chi connectivity index (χ2n) is 5.34. The molecule has 0 aliphatic rings. The number of nitrogens with one attached hydrogen (secondary N) is 2. The molecule has 1 amide bonds. The highest BCUT2D eigenvalue weighted by Crippen LogP contribution is 2.15. The summed E-state index contributed by atoms with van der Waals surface area (Å²) < 4.78 is 0. The van der Waals surface area contributed by atoms with Crippen molar-refractivity contribution in [2.24, 2.45) is 0 Å². The molecule has 0 aliphatic heterocycles. The molecule has 22 heavy (non-hydrogen) atoms. The van der Waals surface area contributed by atoms with E-state index < -0.39 is 0 Å². The van der Waals surface area contributed by atoms with E-state index in [1.54, 1.807) is 0 Å². The Morgan fingerprint density at radius 2 is 1.73 bits per heavy atom. The highest BCUT2D eigenvalue weighted by Gasteiger charge is 2.10. The van der Waals surface area contributed by atoms with Crippen LogP contribution >= 0.6 is 23.2 Å². The maximum absolute atomic E-state index is 12.2. The van der Waals surface area contributed by atoms with Crippen molar-refractivity contribution in [3.63, 3.8) is 0 Å². The quantitative estimate of drug-likeness (QED) is 0.818. The van der Waals surface area contributed by atoms with Gasteiger partial charge in [0.1, 0.15) is 16.9 Å². The van der Waals surface area contributed by atoms with Crippen LogP contribution in [0.5, 0.6) is 0 Å². The molecule has 116 valence electrons. The van der Waals surface area contributed by atoms with Crippen LogP contribution in [0.3, 0.4) is 0 Å². The van der Waals surface area contributed by atoms with Gasteiger partial charge in [-0.2, -0.15) is 0 Å². The first-order chi connectivity index (χ1) is 10.5. The highest BCUT2D eigenvalue weighted by molar-refractivity contribution is 6.33. The van der Waals surface area contributed by atoms with Gasteiger partial charge in [-0.3, -0.25) is 4.79 Å². The number of benzene rings is 1. The molecule has 1 heterocycles. The first kappa shape index (κ1) is 16.7. The molecule has 0 saturated heterocycles. The van der Waals surface area contributed by atoms with E-state index in [4.69, 9.17) is 23.2 Å². The predicted octanol–water partition coefficient (Wildman–Crippen LogP) is 1.96. The van der Waals surface area contributed by atoms with Crippen molar-refractivity contribution in [1.82, 2.24) is 10.3 Å². The zero-order valence-electron chi connectivity index (χ0n) is 12.5. The van der Waals surface area contributed by atoms with Crippen LogP contribution in [0.1, 0.15) is 21.5 Å². The molecule has 4 nitrogen and oxygen atoms in total. The molecule has 0 saturated carbocycles. The molecule has 0 bridgehead atoms. The second kappa shape index (κ2) is 7.58. The van der Waals surface area contributed by atoms with Crippen LogP contribution in [0.2, 0.25) is 10.3 Å². The molecule has 6 heteroatoms. The van der Waals surface area contributed by atoms with Crippen molar-refractivity contribution in [2.45, 2.75) is 13.1 Å². The maximum Gasteiger partial charge on any atom is 0.251 e. The lowest BCUT2D eigenvalue weighted by molar-refractivity contribution is -0.872. The topological polar surface area (TPSA) is 46.4 Å². The van der Waals surface area contributed by atoms with E-state index in [0.717, 1.165) is 12.1 Å². The normalized spacial score (nSPS) is 10.8. The van der Waals surface area contributed by atoms with Crippen LogP contribution in [0.15, 0.2) is 36.4 Å². The smallest absolute Gasteiger partial charge is 0.251 e. The minimum absolute atomic E-state index is 0.203. The van der Waals surface area contributed by atoms with Crippen molar-refractivity contribution in [2.75, 3.05) is 14.1 Å². The number of nitrogens with zero attached hydrogens (tertiary/aromatic N) is 1. The van der Waals surface area contributed by atoms with Crippen LogP contribution in [0.25, 0.3) is 0 Å². The Bertz CT molecular complexity index is 654. The van der Waals surface area contributed by atoms with Crippen molar-refractivity contribution in [3.8, 4) is 0 Å². The van der Waals surface area contributed by atoms with Gasteiger partial charge in [0.05, 0.1) is 14.1 Å². The van der Waals surface area contributed by atoms with Gasteiger partial charge in [0.25, 0.3) is 5.91 Å². The molecule has 0 unspecified atom stereocenters. The van der Waals surface area contributed by atoms with Crippen LogP contribution < -0.4 is 10.2 Å². The van der Waals surface area contributed by atoms with Crippen LogP contribution in [0, 0.1) is 0 Å². The monoisotopic (exact) mass is 338 g/mol. The third-order valence-corrected chi connectivity index (χ3v) is 3.51. The number of quaternary nitrogens is 1. The average Bonchev–Trinajstić information content (AvgIpc) is 2.44. The number of aromatic nitrogens is 1. The summed E-state index contributed by atoms with van der Waals surface area (Å²) in [6.45, 7) is 1.36. The van der Waals surface area contributed by atoms with E-state index in [2.05, 4.69) is 30.5 Å². The molecule has 2 rings (SSSR count). The Morgan fingerprint density at radius 3 is 2.32 bits per heavy atom. The number of hydrogen-bond acceptors (Lipinski definition) is 2. The molecule has 2 N–H and O–H groups in total. The van der Waals surface area contributed by atoms with Gasteiger partial charge in [0.2, 0.25) is 0 Å². The fraction of sp³-hybridized carbons (Fsp3) is 0.250. The summed E-state index contributed by atoms with van der Waals surface area (Å²) in [6.07, 6.45) is 0.